The Kier molecular flexibility index (Phi) is 12.4. The Morgan fingerprint density at radius 3 is 2.54 bits per heavy atom. The van der Waals surface area contributed by atoms with Crippen molar-refractivity contribution in [2.24, 2.45) is 5.92 Å². The number of esters is 1. The van der Waals surface area contributed by atoms with Gasteiger partial charge in [-0.1, -0.05) is 75.8 Å². The molecule has 0 radical (unpaired) electrons. The maximum atomic E-state index is 13.8. The SMILES string of the molecule is C=C(/C=C\C(/C=C\C)CC)CC[C@]1(CCC)CC(C(C)OCC)=C([C@H](CC)c2cccc(N)c2)C(=O)O1. The van der Waals surface area contributed by atoms with E-state index in [9.17, 15) is 4.79 Å². The van der Waals surface area contributed by atoms with E-state index in [1.54, 1.807) is 0 Å². The van der Waals surface area contributed by atoms with Crippen LogP contribution in [0.2, 0.25) is 0 Å². The maximum Gasteiger partial charge on any atom is 0.335 e. The van der Waals surface area contributed by atoms with Gasteiger partial charge in [0.05, 0.1) is 6.10 Å². The van der Waals surface area contributed by atoms with Crippen LogP contribution in [-0.4, -0.2) is 24.3 Å². The second-order valence-electron chi connectivity index (χ2n) is 10.3. The molecule has 2 unspecified atom stereocenters. The summed E-state index contributed by atoms with van der Waals surface area (Å²) in [5.74, 6) is 0.126. The predicted octanol–water partition coefficient (Wildman–Crippen LogP) is 8.46. The van der Waals surface area contributed by atoms with Gasteiger partial charge in [0, 0.05) is 30.2 Å². The van der Waals surface area contributed by atoms with Gasteiger partial charge in [-0.3, -0.25) is 0 Å². The highest BCUT2D eigenvalue weighted by Gasteiger charge is 2.44. The van der Waals surface area contributed by atoms with Crippen molar-refractivity contribution in [3.8, 4) is 0 Å². The minimum atomic E-state index is -0.547. The van der Waals surface area contributed by atoms with Crippen molar-refractivity contribution in [2.75, 3.05) is 12.3 Å². The zero-order valence-electron chi connectivity index (χ0n) is 24.0. The van der Waals surface area contributed by atoms with Crippen LogP contribution >= 0.6 is 0 Å². The number of carbonyl (C=O) groups excluding carboxylic acids is 1. The Labute approximate surface area is 225 Å². The fraction of sp³-hybridized carbons (Fsp3) is 0.545. The molecule has 2 rings (SSSR count). The minimum Gasteiger partial charge on any atom is -0.455 e. The van der Waals surface area contributed by atoms with Crippen LogP contribution in [0.15, 0.2) is 71.9 Å². The number of nitrogens with two attached hydrogens (primary N) is 1. The van der Waals surface area contributed by atoms with Gasteiger partial charge >= 0.3 is 5.97 Å². The first-order valence-electron chi connectivity index (χ1n) is 14.2. The molecule has 0 fully saturated rings. The Morgan fingerprint density at radius 2 is 1.95 bits per heavy atom. The van der Waals surface area contributed by atoms with Gasteiger partial charge in [0.2, 0.25) is 0 Å². The summed E-state index contributed by atoms with van der Waals surface area (Å²) in [4.78, 5) is 13.8. The number of carbonyl (C=O) groups is 1. The quantitative estimate of drug-likeness (QED) is 0.112. The third-order valence-corrected chi connectivity index (χ3v) is 7.46. The third-order valence-electron chi connectivity index (χ3n) is 7.46. The zero-order valence-corrected chi connectivity index (χ0v) is 24.0. The normalized spacial score (nSPS) is 20.9. The number of hydrogen-bond acceptors (Lipinski definition) is 4. The lowest BCUT2D eigenvalue weighted by atomic mass is 9.75. The maximum absolute atomic E-state index is 13.8. The Hall–Kier alpha value is -2.59. The van der Waals surface area contributed by atoms with Gasteiger partial charge < -0.3 is 15.2 Å². The van der Waals surface area contributed by atoms with Gasteiger partial charge in [-0.2, -0.15) is 0 Å². The molecule has 1 aromatic rings. The lowest BCUT2D eigenvalue weighted by molar-refractivity contribution is -0.160. The van der Waals surface area contributed by atoms with E-state index in [1.807, 2.05) is 25.1 Å². The van der Waals surface area contributed by atoms with Gasteiger partial charge in [-0.05, 0) is 82.1 Å². The number of anilines is 1. The monoisotopic (exact) mass is 507 g/mol. The van der Waals surface area contributed by atoms with Gasteiger partial charge in [-0.15, -0.1) is 0 Å². The number of allylic oxidation sites excluding steroid dienone is 5. The topological polar surface area (TPSA) is 61.5 Å². The molecule has 0 amide bonds. The highest BCUT2D eigenvalue weighted by molar-refractivity contribution is 5.93. The second kappa shape index (κ2) is 15.0. The summed E-state index contributed by atoms with van der Waals surface area (Å²) >= 11 is 0. The second-order valence-corrected chi connectivity index (χ2v) is 10.3. The molecule has 1 aliphatic heterocycles. The summed E-state index contributed by atoms with van der Waals surface area (Å²) in [5.41, 5.74) is 10.2. The highest BCUT2D eigenvalue weighted by Crippen LogP contribution is 2.44. The summed E-state index contributed by atoms with van der Waals surface area (Å²) in [5, 5.41) is 0. The van der Waals surface area contributed by atoms with Crippen LogP contribution in [0.1, 0.15) is 98.0 Å². The van der Waals surface area contributed by atoms with E-state index >= 15 is 0 Å². The van der Waals surface area contributed by atoms with E-state index in [2.05, 4.69) is 71.6 Å². The molecule has 0 saturated carbocycles. The molecule has 0 aliphatic carbocycles. The molecule has 37 heavy (non-hydrogen) atoms. The Morgan fingerprint density at radius 1 is 1.19 bits per heavy atom. The number of ether oxygens (including phenoxy) is 2. The number of rotatable bonds is 15. The molecule has 4 nitrogen and oxygen atoms in total. The number of hydrogen-bond donors (Lipinski definition) is 1. The van der Waals surface area contributed by atoms with E-state index < -0.39 is 5.60 Å². The largest absolute Gasteiger partial charge is 0.455 e. The minimum absolute atomic E-state index is 0.0796. The molecule has 1 heterocycles. The lowest BCUT2D eigenvalue weighted by Crippen LogP contribution is -2.43. The standard InChI is InChI=1S/C33H49NO3/c1-8-14-26(10-3)18-17-24(6)19-21-33(20-9-2)23-30(25(7)36-12-5)31(32(35)37-33)29(11-4)27-15-13-16-28(34)22-27/h8,13-18,22,25-26,29H,6,9-12,19-21,23,34H2,1-5,7H3/b14-8-,18-17-/t25?,26?,29-,33-/m1/s1. The molecule has 0 aromatic heterocycles. The van der Waals surface area contributed by atoms with E-state index in [0.29, 0.717) is 24.6 Å². The molecular formula is C33H49NO3. The molecule has 0 bridgehead atoms. The fourth-order valence-electron chi connectivity index (χ4n) is 5.50. The van der Waals surface area contributed by atoms with Gasteiger partial charge in [-0.25, -0.2) is 4.79 Å². The number of cyclic esters (lactones) is 1. The van der Waals surface area contributed by atoms with Gasteiger partial charge in [0.15, 0.2) is 0 Å². The van der Waals surface area contributed by atoms with E-state index in [4.69, 9.17) is 15.2 Å². The molecule has 204 valence electrons. The summed E-state index contributed by atoms with van der Waals surface area (Å²) in [6.07, 6.45) is 14.3. The van der Waals surface area contributed by atoms with E-state index in [0.717, 1.165) is 60.8 Å². The molecule has 1 aliphatic rings. The van der Waals surface area contributed by atoms with Crippen molar-refractivity contribution >= 4 is 11.7 Å². The summed E-state index contributed by atoms with van der Waals surface area (Å²) in [7, 11) is 0. The zero-order chi connectivity index (χ0) is 27.4. The smallest absolute Gasteiger partial charge is 0.335 e. The van der Waals surface area contributed by atoms with Crippen LogP contribution in [0.5, 0.6) is 0 Å². The van der Waals surface area contributed by atoms with Crippen molar-refractivity contribution in [3.63, 3.8) is 0 Å². The van der Waals surface area contributed by atoms with Crippen molar-refractivity contribution in [2.45, 2.75) is 104 Å². The fourth-order valence-corrected chi connectivity index (χ4v) is 5.50. The van der Waals surface area contributed by atoms with Crippen molar-refractivity contribution in [1.82, 2.24) is 0 Å². The molecular weight excluding hydrogens is 458 g/mol. The Balaban J connectivity index is 2.41. The van der Waals surface area contributed by atoms with E-state index in [1.165, 1.54) is 0 Å². The average molecular weight is 508 g/mol. The number of nitrogen functional groups attached to an aromatic ring is 1. The predicted molar refractivity (Wildman–Crippen MR) is 156 cm³/mol. The van der Waals surface area contributed by atoms with Gasteiger partial charge in [0.25, 0.3) is 0 Å². The first kappa shape index (κ1) is 30.6. The molecule has 4 atom stereocenters. The molecule has 1 aromatic carbocycles. The highest BCUT2D eigenvalue weighted by atomic mass is 16.6. The first-order chi connectivity index (χ1) is 17.7. The van der Waals surface area contributed by atoms with Crippen LogP contribution in [0.3, 0.4) is 0 Å². The van der Waals surface area contributed by atoms with Crippen molar-refractivity contribution in [3.05, 3.63) is 77.4 Å². The van der Waals surface area contributed by atoms with Crippen molar-refractivity contribution < 1.29 is 14.3 Å². The first-order valence-corrected chi connectivity index (χ1v) is 14.2. The molecule has 0 saturated heterocycles. The summed E-state index contributed by atoms with van der Waals surface area (Å²) in [6.45, 7) is 17.5. The van der Waals surface area contributed by atoms with E-state index in [-0.39, 0.29) is 18.0 Å². The van der Waals surface area contributed by atoms with Crippen LogP contribution in [0.4, 0.5) is 5.69 Å². The van der Waals surface area contributed by atoms with Crippen LogP contribution < -0.4 is 5.73 Å². The third kappa shape index (κ3) is 8.46. The van der Waals surface area contributed by atoms with Crippen molar-refractivity contribution in [1.29, 1.82) is 0 Å². The van der Waals surface area contributed by atoms with Crippen LogP contribution in [-0.2, 0) is 14.3 Å². The molecule has 0 spiro atoms. The summed E-state index contributed by atoms with van der Waals surface area (Å²) < 4.78 is 12.5. The summed E-state index contributed by atoms with van der Waals surface area (Å²) in [6, 6.07) is 7.85. The molecule has 4 heteroatoms. The average Bonchev–Trinajstić information content (AvgIpc) is 2.87. The molecule has 2 N–H and O–H groups in total. The lowest BCUT2D eigenvalue weighted by Gasteiger charge is -2.42. The number of benzene rings is 1. The van der Waals surface area contributed by atoms with Crippen LogP contribution in [0, 0.1) is 5.92 Å². The van der Waals surface area contributed by atoms with Crippen LogP contribution in [0.25, 0.3) is 0 Å². The Bertz CT molecular complexity index is 989. The van der Waals surface area contributed by atoms with Gasteiger partial charge in [0.1, 0.15) is 5.60 Å².